The highest BCUT2D eigenvalue weighted by Gasteiger charge is 2.08. The highest BCUT2D eigenvalue weighted by molar-refractivity contribution is 5.69. The Kier molecular flexibility index (Phi) is 10.5. The minimum Gasteiger partial charge on any atom is -0.463 e. The van der Waals surface area contributed by atoms with Crippen molar-refractivity contribution in [3.05, 3.63) is 0 Å². The number of aliphatic hydroxyl groups is 1. The standard InChI is InChI=1S/C12H24O4/c1-3-11(4-2)5-6-12(14)16-10-9-15-8-7-13/h11,13H,3-10H2,1-2H3. The topological polar surface area (TPSA) is 55.8 Å². The van der Waals surface area contributed by atoms with Crippen molar-refractivity contribution >= 4 is 5.97 Å². The van der Waals surface area contributed by atoms with Gasteiger partial charge in [0.25, 0.3) is 0 Å². The molecule has 0 heterocycles. The third kappa shape index (κ3) is 8.68. The van der Waals surface area contributed by atoms with Crippen LogP contribution in [0.3, 0.4) is 0 Å². The number of carbonyl (C=O) groups is 1. The average Bonchev–Trinajstić information content (AvgIpc) is 2.30. The maximum Gasteiger partial charge on any atom is 0.305 e. The molecule has 1 N–H and O–H groups in total. The van der Waals surface area contributed by atoms with E-state index in [1.165, 1.54) is 0 Å². The van der Waals surface area contributed by atoms with Gasteiger partial charge >= 0.3 is 5.97 Å². The Morgan fingerprint density at radius 2 is 1.88 bits per heavy atom. The minimum atomic E-state index is -0.153. The van der Waals surface area contributed by atoms with Crippen LogP contribution in [0.4, 0.5) is 0 Å². The average molecular weight is 232 g/mol. The van der Waals surface area contributed by atoms with Gasteiger partial charge in [0, 0.05) is 6.42 Å². The Morgan fingerprint density at radius 1 is 1.19 bits per heavy atom. The summed E-state index contributed by atoms with van der Waals surface area (Å²) in [7, 11) is 0. The Labute approximate surface area is 97.9 Å². The van der Waals surface area contributed by atoms with Crippen LogP contribution in [-0.4, -0.2) is 37.5 Å². The summed E-state index contributed by atoms with van der Waals surface area (Å²) in [5.41, 5.74) is 0. The Balaban J connectivity index is 3.37. The van der Waals surface area contributed by atoms with Gasteiger partial charge in [-0.15, -0.1) is 0 Å². The van der Waals surface area contributed by atoms with E-state index in [2.05, 4.69) is 13.8 Å². The molecule has 0 aliphatic carbocycles. The number of rotatable bonds is 10. The molecule has 0 aliphatic rings. The zero-order valence-corrected chi connectivity index (χ0v) is 10.4. The number of aliphatic hydroxyl groups excluding tert-OH is 1. The third-order valence-corrected chi connectivity index (χ3v) is 2.64. The predicted octanol–water partition coefficient (Wildman–Crippen LogP) is 1.75. The van der Waals surface area contributed by atoms with E-state index in [1.807, 2.05) is 0 Å². The van der Waals surface area contributed by atoms with Crippen LogP contribution >= 0.6 is 0 Å². The quantitative estimate of drug-likeness (QED) is 0.460. The highest BCUT2D eigenvalue weighted by atomic mass is 16.6. The van der Waals surface area contributed by atoms with Crippen LogP contribution in [0.5, 0.6) is 0 Å². The molecule has 0 radical (unpaired) electrons. The lowest BCUT2D eigenvalue weighted by Gasteiger charge is -2.11. The lowest BCUT2D eigenvalue weighted by molar-refractivity contribution is -0.145. The fourth-order valence-electron chi connectivity index (χ4n) is 1.47. The molecule has 0 saturated heterocycles. The molecular weight excluding hydrogens is 208 g/mol. The molecule has 0 fully saturated rings. The number of hydrogen-bond acceptors (Lipinski definition) is 4. The maximum atomic E-state index is 11.3. The van der Waals surface area contributed by atoms with Gasteiger partial charge < -0.3 is 14.6 Å². The van der Waals surface area contributed by atoms with Crippen molar-refractivity contribution in [3.63, 3.8) is 0 Å². The first-order chi connectivity index (χ1) is 7.74. The molecule has 0 bridgehead atoms. The van der Waals surface area contributed by atoms with Crippen LogP contribution in [-0.2, 0) is 14.3 Å². The molecule has 0 aliphatic heterocycles. The van der Waals surface area contributed by atoms with Gasteiger partial charge in [-0.05, 0) is 12.3 Å². The molecule has 4 nitrogen and oxygen atoms in total. The Hall–Kier alpha value is -0.610. The third-order valence-electron chi connectivity index (χ3n) is 2.64. The largest absolute Gasteiger partial charge is 0.463 e. The zero-order chi connectivity index (χ0) is 12.2. The van der Waals surface area contributed by atoms with Crippen molar-refractivity contribution in [1.29, 1.82) is 0 Å². The van der Waals surface area contributed by atoms with Crippen LogP contribution in [0, 0.1) is 5.92 Å². The van der Waals surface area contributed by atoms with Crippen molar-refractivity contribution < 1.29 is 19.4 Å². The molecule has 0 amide bonds. The summed E-state index contributed by atoms with van der Waals surface area (Å²) in [5.74, 6) is 0.470. The van der Waals surface area contributed by atoms with Crippen LogP contribution in [0.25, 0.3) is 0 Å². The lowest BCUT2D eigenvalue weighted by Crippen LogP contribution is -2.13. The van der Waals surface area contributed by atoms with E-state index in [-0.39, 0.29) is 19.2 Å². The van der Waals surface area contributed by atoms with Crippen molar-refractivity contribution in [2.45, 2.75) is 39.5 Å². The minimum absolute atomic E-state index is 0.00261. The normalized spacial score (nSPS) is 10.8. The summed E-state index contributed by atoms with van der Waals surface area (Å²) in [6.07, 6.45) is 3.63. The van der Waals surface area contributed by atoms with Gasteiger partial charge in [-0.25, -0.2) is 0 Å². The van der Waals surface area contributed by atoms with E-state index in [0.717, 1.165) is 19.3 Å². The van der Waals surface area contributed by atoms with E-state index in [0.29, 0.717) is 25.6 Å². The molecule has 4 heteroatoms. The van der Waals surface area contributed by atoms with Crippen LogP contribution in [0.2, 0.25) is 0 Å². The van der Waals surface area contributed by atoms with E-state index in [4.69, 9.17) is 14.6 Å². The van der Waals surface area contributed by atoms with E-state index in [9.17, 15) is 4.79 Å². The highest BCUT2D eigenvalue weighted by Crippen LogP contribution is 2.14. The second-order valence-electron chi connectivity index (χ2n) is 3.78. The van der Waals surface area contributed by atoms with Gasteiger partial charge in [0.05, 0.1) is 19.8 Å². The zero-order valence-electron chi connectivity index (χ0n) is 10.4. The van der Waals surface area contributed by atoms with Gasteiger partial charge in [-0.3, -0.25) is 4.79 Å². The van der Waals surface area contributed by atoms with E-state index in [1.54, 1.807) is 0 Å². The first-order valence-corrected chi connectivity index (χ1v) is 6.08. The maximum absolute atomic E-state index is 11.3. The lowest BCUT2D eigenvalue weighted by atomic mass is 9.98. The molecule has 0 rings (SSSR count). The van der Waals surface area contributed by atoms with Gasteiger partial charge in [0.15, 0.2) is 0 Å². The van der Waals surface area contributed by atoms with Crippen molar-refractivity contribution in [3.8, 4) is 0 Å². The van der Waals surface area contributed by atoms with Gasteiger partial charge in [0.2, 0.25) is 0 Å². The van der Waals surface area contributed by atoms with Gasteiger partial charge in [-0.1, -0.05) is 26.7 Å². The van der Waals surface area contributed by atoms with E-state index >= 15 is 0 Å². The number of ether oxygens (including phenoxy) is 2. The molecule has 96 valence electrons. The Morgan fingerprint density at radius 3 is 2.44 bits per heavy atom. The summed E-state index contributed by atoms with van der Waals surface area (Å²) >= 11 is 0. The molecule has 16 heavy (non-hydrogen) atoms. The number of esters is 1. The first kappa shape index (κ1) is 15.4. The molecule has 0 unspecified atom stereocenters. The van der Waals surface area contributed by atoms with Gasteiger partial charge in [0.1, 0.15) is 6.61 Å². The van der Waals surface area contributed by atoms with Crippen LogP contribution < -0.4 is 0 Å². The van der Waals surface area contributed by atoms with Crippen molar-refractivity contribution in [2.24, 2.45) is 5.92 Å². The summed E-state index contributed by atoms with van der Waals surface area (Å²) in [4.78, 5) is 11.3. The summed E-state index contributed by atoms with van der Waals surface area (Å²) in [5, 5.41) is 8.44. The number of carbonyl (C=O) groups excluding carboxylic acids is 1. The van der Waals surface area contributed by atoms with Crippen molar-refractivity contribution in [2.75, 3.05) is 26.4 Å². The van der Waals surface area contributed by atoms with Crippen molar-refractivity contribution in [1.82, 2.24) is 0 Å². The van der Waals surface area contributed by atoms with Crippen LogP contribution in [0.1, 0.15) is 39.5 Å². The Bertz CT molecular complexity index is 166. The predicted molar refractivity (Wildman–Crippen MR) is 62.2 cm³/mol. The van der Waals surface area contributed by atoms with Gasteiger partial charge in [-0.2, -0.15) is 0 Å². The monoisotopic (exact) mass is 232 g/mol. The SMILES string of the molecule is CCC(CC)CCC(=O)OCCOCCO. The molecule has 0 spiro atoms. The first-order valence-electron chi connectivity index (χ1n) is 6.08. The summed E-state index contributed by atoms with van der Waals surface area (Å²) in [6.45, 7) is 5.22. The summed E-state index contributed by atoms with van der Waals surface area (Å²) in [6, 6.07) is 0. The second kappa shape index (κ2) is 10.9. The molecule has 0 aromatic heterocycles. The fourth-order valence-corrected chi connectivity index (χ4v) is 1.47. The van der Waals surface area contributed by atoms with E-state index < -0.39 is 0 Å². The second-order valence-corrected chi connectivity index (χ2v) is 3.78. The molecule has 0 aromatic carbocycles. The number of hydrogen-bond donors (Lipinski definition) is 1. The fraction of sp³-hybridized carbons (Fsp3) is 0.917. The molecule has 0 saturated carbocycles. The smallest absolute Gasteiger partial charge is 0.305 e. The molecule has 0 aromatic rings. The van der Waals surface area contributed by atoms with Crippen LogP contribution in [0.15, 0.2) is 0 Å². The molecular formula is C12H24O4. The summed E-state index contributed by atoms with van der Waals surface area (Å²) < 4.78 is 9.96. The molecule has 0 atom stereocenters.